The van der Waals surface area contributed by atoms with Gasteiger partial charge in [-0.05, 0) is 6.92 Å². The lowest BCUT2D eigenvalue weighted by Crippen LogP contribution is -2.36. The van der Waals surface area contributed by atoms with Crippen molar-refractivity contribution in [1.29, 1.82) is 0 Å². The van der Waals surface area contributed by atoms with Crippen LogP contribution >= 0.6 is 0 Å². The second-order valence-electron chi connectivity index (χ2n) is 2.75. The normalized spacial score (nSPS) is 24.2. The van der Waals surface area contributed by atoms with E-state index in [9.17, 15) is 9.59 Å². The van der Waals surface area contributed by atoms with Gasteiger partial charge in [0.25, 0.3) is 18.0 Å². The van der Waals surface area contributed by atoms with E-state index < -0.39 is 11.8 Å². The quantitative estimate of drug-likeness (QED) is 0.564. The molecule has 6 nitrogen and oxygen atoms in total. The fraction of sp³-hybridized carbons (Fsp3) is 0.375. The van der Waals surface area contributed by atoms with E-state index in [1.807, 2.05) is 6.92 Å². The first-order valence-corrected chi connectivity index (χ1v) is 4.22. The van der Waals surface area contributed by atoms with Crippen LogP contribution in [0.3, 0.4) is 0 Å². The van der Waals surface area contributed by atoms with Gasteiger partial charge in [-0.3, -0.25) is 14.4 Å². The maximum absolute atomic E-state index is 11.2. The minimum atomic E-state index is -0.397. The second kappa shape index (κ2) is 3.49. The highest BCUT2D eigenvalue weighted by molar-refractivity contribution is 6.13. The lowest BCUT2D eigenvalue weighted by atomic mass is 10.5. The van der Waals surface area contributed by atoms with Crippen LogP contribution in [0.4, 0.5) is 0 Å². The Morgan fingerprint density at radius 1 is 1.36 bits per heavy atom. The Morgan fingerprint density at radius 2 is 2.00 bits per heavy atom. The zero-order valence-electron chi connectivity index (χ0n) is 7.60. The largest absolute Gasteiger partial charge is 0.269 e. The number of carbonyl (C=O) groups excluding carboxylic acids is 2. The molecule has 0 aromatic rings. The SMILES string of the molecule is CCN1OC[C](N2C(=O)C=CC2=O)O1. The molecule has 0 N–H and O–H groups in total. The zero-order chi connectivity index (χ0) is 10.1. The van der Waals surface area contributed by atoms with Crippen molar-refractivity contribution in [3.8, 4) is 0 Å². The van der Waals surface area contributed by atoms with Crippen molar-refractivity contribution in [2.45, 2.75) is 6.92 Å². The molecule has 0 aliphatic carbocycles. The first-order valence-electron chi connectivity index (χ1n) is 4.22. The molecule has 75 valence electrons. The number of hydrogen-bond acceptors (Lipinski definition) is 5. The molecule has 14 heavy (non-hydrogen) atoms. The summed E-state index contributed by atoms with van der Waals surface area (Å²) in [5, 5.41) is 1.22. The Labute approximate surface area is 80.6 Å². The predicted octanol–water partition coefficient (Wildman–Crippen LogP) is -0.400. The molecule has 1 saturated heterocycles. The van der Waals surface area contributed by atoms with Gasteiger partial charge in [0.1, 0.15) is 6.61 Å². The highest BCUT2D eigenvalue weighted by Crippen LogP contribution is 2.23. The molecular weight excluding hydrogens is 188 g/mol. The Balaban J connectivity index is 2.03. The van der Waals surface area contributed by atoms with Gasteiger partial charge >= 0.3 is 0 Å². The summed E-state index contributed by atoms with van der Waals surface area (Å²) in [7, 11) is 0. The fourth-order valence-electron chi connectivity index (χ4n) is 1.20. The van der Waals surface area contributed by atoms with E-state index in [2.05, 4.69) is 0 Å². The Kier molecular flexibility index (Phi) is 2.32. The minimum Gasteiger partial charge on any atom is -0.269 e. The van der Waals surface area contributed by atoms with E-state index in [0.717, 1.165) is 4.90 Å². The number of rotatable bonds is 2. The third-order valence-electron chi connectivity index (χ3n) is 1.86. The molecule has 2 heterocycles. The molecule has 2 aliphatic rings. The number of imide groups is 1. The lowest BCUT2D eigenvalue weighted by Gasteiger charge is -2.17. The average molecular weight is 197 g/mol. The van der Waals surface area contributed by atoms with Gasteiger partial charge in [-0.25, -0.2) is 9.74 Å². The highest BCUT2D eigenvalue weighted by Gasteiger charge is 2.39. The molecule has 2 aliphatic heterocycles. The first kappa shape index (κ1) is 9.32. The number of hydrogen-bond donors (Lipinski definition) is 0. The molecule has 2 amide bonds. The molecule has 1 radical (unpaired) electrons. The van der Waals surface area contributed by atoms with Crippen LogP contribution in [0.25, 0.3) is 0 Å². The average Bonchev–Trinajstić information content (AvgIpc) is 2.73. The van der Waals surface area contributed by atoms with Crippen LogP contribution in [0, 0.1) is 6.23 Å². The predicted molar refractivity (Wildman–Crippen MR) is 43.7 cm³/mol. The van der Waals surface area contributed by atoms with Crippen LogP contribution in [-0.4, -0.2) is 35.1 Å². The lowest BCUT2D eigenvalue weighted by molar-refractivity contribution is -0.298. The van der Waals surface area contributed by atoms with Gasteiger partial charge in [-0.2, -0.15) is 0 Å². The minimum absolute atomic E-state index is 0.104. The Morgan fingerprint density at radius 3 is 2.50 bits per heavy atom. The molecule has 0 bridgehead atoms. The van der Waals surface area contributed by atoms with Crippen molar-refractivity contribution in [3.05, 3.63) is 18.4 Å². The van der Waals surface area contributed by atoms with Crippen molar-refractivity contribution in [2.24, 2.45) is 0 Å². The van der Waals surface area contributed by atoms with Gasteiger partial charge in [-0.15, -0.1) is 0 Å². The summed E-state index contributed by atoms with van der Waals surface area (Å²) in [6.07, 6.45) is 2.62. The molecule has 0 unspecified atom stereocenters. The standard InChI is InChI=1S/C8H9N2O4/c1-2-9-13-5-8(14-9)10-6(11)3-4-7(10)12/h3-4H,2,5H2,1H3. The van der Waals surface area contributed by atoms with Crippen molar-refractivity contribution in [3.63, 3.8) is 0 Å². The number of carbonyl (C=O) groups is 2. The zero-order valence-corrected chi connectivity index (χ0v) is 7.60. The van der Waals surface area contributed by atoms with Gasteiger partial charge in [0, 0.05) is 18.7 Å². The molecule has 0 aromatic heterocycles. The number of nitrogens with zero attached hydrogens (tertiary/aromatic N) is 2. The van der Waals surface area contributed by atoms with Crippen molar-refractivity contribution >= 4 is 11.8 Å². The molecule has 2 rings (SSSR count). The second-order valence-corrected chi connectivity index (χ2v) is 2.75. The fourth-order valence-corrected chi connectivity index (χ4v) is 1.20. The van der Waals surface area contributed by atoms with Crippen LogP contribution in [0.1, 0.15) is 6.92 Å². The van der Waals surface area contributed by atoms with Crippen LogP contribution in [0.5, 0.6) is 0 Å². The molecule has 6 heteroatoms. The van der Waals surface area contributed by atoms with Crippen LogP contribution in [0.15, 0.2) is 12.2 Å². The third-order valence-corrected chi connectivity index (χ3v) is 1.86. The van der Waals surface area contributed by atoms with Gasteiger partial charge in [0.2, 0.25) is 0 Å². The Bertz CT molecular complexity index is 284. The molecule has 0 spiro atoms. The summed E-state index contributed by atoms with van der Waals surface area (Å²) in [6.45, 7) is 2.45. The van der Waals surface area contributed by atoms with E-state index in [1.54, 1.807) is 0 Å². The summed E-state index contributed by atoms with van der Waals surface area (Å²) >= 11 is 0. The van der Waals surface area contributed by atoms with E-state index >= 15 is 0 Å². The number of hydroxylamine groups is 2. The summed E-state index contributed by atoms with van der Waals surface area (Å²) in [5.74, 6) is -0.793. The maximum atomic E-state index is 11.2. The van der Waals surface area contributed by atoms with Gasteiger partial charge in [0.15, 0.2) is 0 Å². The summed E-state index contributed by atoms with van der Waals surface area (Å²) in [5.41, 5.74) is 0. The highest BCUT2D eigenvalue weighted by atomic mass is 17.0. The summed E-state index contributed by atoms with van der Waals surface area (Å²) < 4.78 is 0. The smallest absolute Gasteiger partial charge is 0.256 e. The third kappa shape index (κ3) is 1.43. The van der Waals surface area contributed by atoms with Crippen LogP contribution < -0.4 is 0 Å². The molecule has 1 fully saturated rings. The van der Waals surface area contributed by atoms with Crippen LogP contribution in [-0.2, 0) is 19.3 Å². The topological polar surface area (TPSA) is 59.1 Å². The molecule has 0 aromatic carbocycles. The molecule has 0 saturated carbocycles. The molecule has 0 atom stereocenters. The summed E-state index contributed by atoms with van der Waals surface area (Å²) in [4.78, 5) is 33.5. The van der Waals surface area contributed by atoms with E-state index in [1.165, 1.54) is 17.4 Å². The van der Waals surface area contributed by atoms with E-state index in [4.69, 9.17) is 9.68 Å². The summed E-state index contributed by atoms with van der Waals surface area (Å²) in [6, 6.07) is 0. The van der Waals surface area contributed by atoms with E-state index in [-0.39, 0.29) is 12.8 Å². The van der Waals surface area contributed by atoms with Crippen molar-refractivity contribution < 1.29 is 19.3 Å². The van der Waals surface area contributed by atoms with Gasteiger partial charge < -0.3 is 0 Å². The van der Waals surface area contributed by atoms with E-state index in [0.29, 0.717) is 6.54 Å². The van der Waals surface area contributed by atoms with Crippen molar-refractivity contribution in [1.82, 2.24) is 10.1 Å². The first-order chi connectivity index (χ1) is 6.72. The maximum Gasteiger partial charge on any atom is 0.256 e. The molecular formula is C8H9N2O4. The monoisotopic (exact) mass is 197 g/mol. The van der Waals surface area contributed by atoms with Crippen molar-refractivity contribution in [2.75, 3.05) is 13.2 Å². The van der Waals surface area contributed by atoms with Gasteiger partial charge in [0.05, 0.1) is 0 Å². The van der Waals surface area contributed by atoms with Gasteiger partial charge in [-0.1, -0.05) is 5.23 Å². The number of amides is 2. The Hall–Kier alpha value is -1.24. The van der Waals surface area contributed by atoms with Crippen LogP contribution in [0.2, 0.25) is 0 Å².